The molecule has 5 atom stereocenters. The molecule has 0 unspecified atom stereocenters. The van der Waals surface area contributed by atoms with Crippen molar-refractivity contribution in [2.45, 2.75) is 45.4 Å². The molecule has 12 heavy (non-hydrogen) atoms. The fraction of sp³-hybridized carbons (Fsp3) is 1.00. The van der Waals surface area contributed by atoms with Crippen molar-refractivity contribution >= 4 is 0 Å². The Kier molecular flexibility index (Phi) is 1.54. The molecule has 0 aromatic carbocycles. The molecule has 68 valence electrons. The Bertz CT molecular complexity index is 184. The van der Waals surface area contributed by atoms with E-state index in [2.05, 4.69) is 6.92 Å². The van der Waals surface area contributed by atoms with E-state index in [-0.39, 0.29) is 0 Å². The Morgan fingerprint density at radius 3 is 2.75 bits per heavy atom. The predicted octanol–water partition coefficient (Wildman–Crippen LogP) is 3.47. The zero-order chi connectivity index (χ0) is 8.13. The second-order valence-electron chi connectivity index (χ2n) is 5.48. The molecule has 3 saturated carbocycles. The van der Waals surface area contributed by atoms with Gasteiger partial charge in [0.25, 0.3) is 0 Å². The standard InChI is InChI=1S/C12H20/c1-8-5-6-10-7-9-3-2-4-11(9)12(8)10/h8-12H,2-7H2,1H3/t8-,9-,10-,11-,12-/m1/s1. The van der Waals surface area contributed by atoms with Gasteiger partial charge in [0.15, 0.2) is 0 Å². The zero-order valence-corrected chi connectivity index (χ0v) is 8.13. The molecule has 0 aliphatic heterocycles. The maximum atomic E-state index is 2.51. The summed E-state index contributed by atoms with van der Waals surface area (Å²) in [5, 5.41) is 0. The molecular weight excluding hydrogens is 144 g/mol. The molecular formula is C12H20. The summed E-state index contributed by atoms with van der Waals surface area (Å²) in [7, 11) is 0. The van der Waals surface area contributed by atoms with E-state index in [1.165, 1.54) is 11.8 Å². The van der Waals surface area contributed by atoms with Crippen LogP contribution in [0.5, 0.6) is 0 Å². The second-order valence-corrected chi connectivity index (χ2v) is 5.48. The highest BCUT2D eigenvalue weighted by molar-refractivity contribution is 4.99. The lowest BCUT2D eigenvalue weighted by molar-refractivity contribution is 0.270. The molecule has 0 bridgehead atoms. The highest BCUT2D eigenvalue weighted by Gasteiger charge is 2.49. The summed E-state index contributed by atoms with van der Waals surface area (Å²) >= 11 is 0. The van der Waals surface area contributed by atoms with Crippen molar-refractivity contribution in [1.82, 2.24) is 0 Å². The summed E-state index contributed by atoms with van der Waals surface area (Å²) in [5.74, 6) is 5.74. The summed E-state index contributed by atoms with van der Waals surface area (Å²) in [6.07, 6.45) is 9.42. The van der Waals surface area contributed by atoms with Crippen LogP contribution in [0.25, 0.3) is 0 Å². The maximum Gasteiger partial charge on any atom is -0.0329 e. The van der Waals surface area contributed by atoms with Crippen molar-refractivity contribution in [2.24, 2.45) is 29.6 Å². The van der Waals surface area contributed by atoms with Gasteiger partial charge in [0, 0.05) is 0 Å². The minimum absolute atomic E-state index is 1.07. The maximum absolute atomic E-state index is 2.51. The predicted molar refractivity (Wildman–Crippen MR) is 50.8 cm³/mol. The summed E-state index contributed by atoms with van der Waals surface area (Å²) in [6, 6.07) is 0. The van der Waals surface area contributed by atoms with Crippen LogP contribution in [0.1, 0.15) is 45.4 Å². The van der Waals surface area contributed by atoms with Crippen LogP contribution in [-0.4, -0.2) is 0 Å². The normalized spacial score (nSPS) is 57.2. The molecule has 0 heterocycles. The highest BCUT2D eigenvalue weighted by atomic mass is 14.5. The van der Waals surface area contributed by atoms with E-state index in [4.69, 9.17) is 0 Å². The molecule has 3 fully saturated rings. The van der Waals surface area contributed by atoms with E-state index in [1.807, 2.05) is 0 Å². The van der Waals surface area contributed by atoms with Crippen LogP contribution in [0.3, 0.4) is 0 Å². The van der Waals surface area contributed by atoms with Gasteiger partial charge in [-0.1, -0.05) is 26.2 Å². The number of fused-ring (bicyclic) bond motifs is 3. The molecule has 0 aromatic heterocycles. The van der Waals surface area contributed by atoms with Gasteiger partial charge in [-0.05, 0) is 48.9 Å². The van der Waals surface area contributed by atoms with E-state index in [9.17, 15) is 0 Å². The Balaban J connectivity index is 1.85. The Hall–Kier alpha value is 0. The van der Waals surface area contributed by atoms with Crippen LogP contribution < -0.4 is 0 Å². The van der Waals surface area contributed by atoms with Gasteiger partial charge in [-0.25, -0.2) is 0 Å². The minimum Gasteiger partial charge on any atom is -0.0622 e. The third-order valence-corrected chi connectivity index (χ3v) is 5.01. The molecule has 0 N–H and O–H groups in total. The van der Waals surface area contributed by atoms with E-state index < -0.39 is 0 Å². The minimum atomic E-state index is 1.07. The van der Waals surface area contributed by atoms with Crippen molar-refractivity contribution in [1.29, 1.82) is 0 Å². The van der Waals surface area contributed by atoms with Crippen LogP contribution in [-0.2, 0) is 0 Å². The molecule has 0 nitrogen and oxygen atoms in total. The van der Waals surface area contributed by atoms with Crippen LogP contribution in [0.15, 0.2) is 0 Å². The van der Waals surface area contributed by atoms with Crippen LogP contribution in [0, 0.1) is 29.6 Å². The first-order valence-electron chi connectivity index (χ1n) is 5.86. The quantitative estimate of drug-likeness (QED) is 0.514. The first kappa shape index (κ1) is 7.41. The lowest BCUT2D eigenvalue weighted by Gasteiger charge is -2.21. The molecule has 3 aliphatic rings. The monoisotopic (exact) mass is 164 g/mol. The van der Waals surface area contributed by atoms with E-state index >= 15 is 0 Å². The Morgan fingerprint density at radius 1 is 0.917 bits per heavy atom. The van der Waals surface area contributed by atoms with Gasteiger partial charge in [0.2, 0.25) is 0 Å². The van der Waals surface area contributed by atoms with Gasteiger partial charge in [0.1, 0.15) is 0 Å². The summed E-state index contributed by atoms with van der Waals surface area (Å²) < 4.78 is 0. The van der Waals surface area contributed by atoms with Crippen molar-refractivity contribution in [3.63, 3.8) is 0 Å². The van der Waals surface area contributed by atoms with Crippen LogP contribution in [0.2, 0.25) is 0 Å². The first-order valence-corrected chi connectivity index (χ1v) is 5.86. The SMILES string of the molecule is C[C@@H]1CC[C@@H]2C[C@H]3CCC[C@H]3[C@@H]21. The largest absolute Gasteiger partial charge is 0.0622 e. The molecule has 0 amide bonds. The number of hydrogen-bond acceptors (Lipinski definition) is 0. The lowest BCUT2D eigenvalue weighted by atomic mass is 9.84. The van der Waals surface area contributed by atoms with Gasteiger partial charge in [-0.3, -0.25) is 0 Å². The van der Waals surface area contributed by atoms with E-state index in [0.717, 1.165) is 17.8 Å². The third kappa shape index (κ3) is 0.843. The molecule has 0 aromatic rings. The molecule has 0 radical (unpaired) electrons. The van der Waals surface area contributed by atoms with Gasteiger partial charge >= 0.3 is 0 Å². The summed E-state index contributed by atoms with van der Waals surface area (Å²) in [6.45, 7) is 2.51. The summed E-state index contributed by atoms with van der Waals surface area (Å²) in [4.78, 5) is 0. The topological polar surface area (TPSA) is 0 Å². The number of hydrogen-bond donors (Lipinski definition) is 0. The molecule has 0 spiro atoms. The lowest BCUT2D eigenvalue weighted by Crippen LogP contribution is -2.15. The van der Waals surface area contributed by atoms with E-state index in [1.54, 1.807) is 38.5 Å². The second kappa shape index (κ2) is 2.49. The highest BCUT2D eigenvalue weighted by Crippen LogP contribution is 2.58. The fourth-order valence-electron chi connectivity index (χ4n) is 4.63. The smallest absolute Gasteiger partial charge is 0.0329 e. The fourth-order valence-corrected chi connectivity index (χ4v) is 4.63. The molecule has 0 heteroatoms. The summed E-state index contributed by atoms with van der Waals surface area (Å²) in [5.41, 5.74) is 0. The van der Waals surface area contributed by atoms with E-state index in [0.29, 0.717) is 0 Å². The molecule has 3 rings (SSSR count). The number of rotatable bonds is 0. The van der Waals surface area contributed by atoms with Gasteiger partial charge < -0.3 is 0 Å². The van der Waals surface area contributed by atoms with Crippen molar-refractivity contribution in [3.05, 3.63) is 0 Å². The zero-order valence-electron chi connectivity index (χ0n) is 8.13. The van der Waals surface area contributed by atoms with Crippen LogP contribution in [0.4, 0.5) is 0 Å². The average Bonchev–Trinajstić information content (AvgIpc) is 2.61. The first-order chi connectivity index (χ1) is 5.86. The third-order valence-electron chi connectivity index (χ3n) is 5.01. The Labute approximate surface area is 75.7 Å². The Morgan fingerprint density at radius 2 is 1.83 bits per heavy atom. The molecule has 3 aliphatic carbocycles. The average molecular weight is 164 g/mol. The van der Waals surface area contributed by atoms with Crippen molar-refractivity contribution in [3.8, 4) is 0 Å². The van der Waals surface area contributed by atoms with Crippen molar-refractivity contribution < 1.29 is 0 Å². The van der Waals surface area contributed by atoms with Crippen molar-refractivity contribution in [2.75, 3.05) is 0 Å². The van der Waals surface area contributed by atoms with Crippen LogP contribution >= 0.6 is 0 Å². The van der Waals surface area contributed by atoms with Gasteiger partial charge in [-0.2, -0.15) is 0 Å². The molecule has 0 saturated heterocycles. The van der Waals surface area contributed by atoms with Gasteiger partial charge in [0.05, 0.1) is 0 Å². The van der Waals surface area contributed by atoms with Gasteiger partial charge in [-0.15, -0.1) is 0 Å².